The molecule has 0 aromatic carbocycles. The summed E-state index contributed by atoms with van der Waals surface area (Å²) in [5, 5.41) is 18.0. The van der Waals surface area contributed by atoms with E-state index in [0.29, 0.717) is 12.4 Å². The highest BCUT2D eigenvalue weighted by atomic mass is 32.2. The summed E-state index contributed by atoms with van der Waals surface area (Å²) in [6.45, 7) is 2.44. The molecule has 0 spiro atoms. The topological polar surface area (TPSA) is 49.7 Å². The second-order valence-corrected chi connectivity index (χ2v) is 3.91. The smallest absolute Gasteiger partial charge is 0.0863 e. The molecule has 0 aliphatic heterocycles. The average molecular weight is 180 g/mol. The molecular weight excluding hydrogens is 164 g/mol. The number of rotatable bonds is 6. The normalized spacial score (nSPS) is 16.4. The van der Waals surface area contributed by atoms with Crippen LogP contribution in [-0.2, 0) is 4.74 Å². The minimum Gasteiger partial charge on any atom is -0.395 e. The molecule has 0 saturated carbocycles. The Morgan fingerprint density at radius 2 is 2.18 bits per heavy atom. The van der Waals surface area contributed by atoms with Crippen LogP contribution in [0, 0.1) is 0 Å². The fourth-order valence-corrected chi connectivity index (χ4v) is 1.32. The molecule has 0 aliphatic carbocycles. The van der Waals surface area contributed by atoms with Gasteiger partial charge in [-0.15, -0.1) is 0 Å². The van der Waals surface area contributed by atoms with Crippen LogP contribution < -0.4 is 0 Å². The molecular formula is C7H16O3S. The maximum Gasteiger partial charge on any atom is 0.0863 e. The maximum absolute atomic E-state index is 9.17. The lowest BCUT2D eigenvalue weighted by atomic mass is 10.4. The van der Waals surface area contributed by atoms with Crippen molar-refractivity contribution in [3.8, 4) is 0 Å². The minimum atomic E-state index is -0.418. The van der Waals surface area contributed by atoms with Gasteiger partial charge in [-0.1, -0.05) is 6.92 Å². The molecule has 0 aromatic rings. The summed E-state index contributed by atoms with van der Waals surface area (Å²) < 4.78 is 4.74. The van der Waals surface area contributed by atoms with E-state index in [4.69, 9.17) is 14.9 Å². The summed E-state index contributed by atoms with van der Waals surface area (Å²) in [6, 6.07) is 0. The number of hydrogen-bond acceptors (Lipinski definition) is 4. The molecule has 2 unspecified atom stereocenters. The number of hydrogen-bond donors (Lipinski definition) is 2. The van der Waals surface area contributed by atoms with Crippen molar-refractivity contribution in [3.05, 3.63) is 0 Å². The molecule has 0 saturated heterocycles. The molecule has 2 atom stereocenters. The van der Waals surface area contributed by atoms with Crippen molar-refractivity contribution in [1.29, 1.82) is 0 Å². The zero-order chi connectivity index (χ0) is 8.69. The van der Waals surface area contributed by atoms with Crippen molar-refractivity contribution in [1.82, 2.24) is 0 Å². The Kier molecular flexibility index (Phi) is 7.06. The van der Waals surface area contributed by atoms with Crippen molar-refractivity contribution in [2.24, 2.45) is 0 Å². The van der Waals surface area contributed by atoms with Crippen molar-refractivity contribution in [2.45, 2.75) is 18.3 Å². The molecule has 68 valence electrons. The maximum atomic E-state index is 9.17. The van der Waals surface area contributed by atoms with Gasteiger partial charge in [-0.25, -0.2) is 0 Å². The molecule has 2 N–H and O–H groups in total. The Labute approximate surface area is 71.8 Å². The standard InChI is InChI=1S/C7H16O3S/c1-6(3-8)11-5-7(9)4-10-2/h6-9H,3-5H2,1-2H3. The van der Waals surface area contributed by atoms with Gasteiger partial charge >= 0.3 is 0 Å². The largest absolute Gasteiger partial charge is 0.395 e. The van der Waals surface area contributed by atoms with Crippen molar-refractivity contribution < 1.29 is 14.9 Å². The third-order valence-electron chi connectivity index (χ3n) is 1.19. The summed E-state index contributed by atoms with van der Waals surface area (Å²) in [5.74, 6) is 0.621. The molecule has 0 radical (unpaired) electrons. The van der Waals surface area contributed by atoms with Gasteiger partial charge in [-0.05, 0) is 0 Å². The molecule has 0 aliphatic rings. The van der Waals surface area contributed by atoms with Gasteiger partial charge in [-0.3, -0.25) is 0 Å². The zero-order valence-corrected chi connectivity index (χ0v) is 7.80. The monoisotopic (exact) mass is 180 g/mol. The fraction of sp³-hybridized carbons (Fsp3) is 1.00. The van der Waals surface area contributed by atoms with Crippen LogP contribution in [0.5, 0.6) is 0 Å². The zero-order valence-electron chi connectivity index (χ0n) is 6.99. The SMILES string of the molecule is COCC(O)CSC(C)CO. The highest BCUT2D eigenvalue weighted by molar-refractivity contribution is 7.99. The molecule has 0 heterocycles. The Bertz CT molecular complexity index is 89.8. The van der Waals surface area contributed by atoms with Gasteiger partial charge in [0.1, 0.15) is 0 Å². The van der Waals surface area contributed by atoms with Crippen LogP contribution in [0.1, 0.15) is 6.92 Å². The highest BCUT2D eigenvalue weighted by Crippen LogP contribution is 2.10. The van der Waals surface area contributed by atoms with Crippen LogP contribution in [0.2, 0.25) is 0 Å². The third-order valence-corrected chi connectivity index (χ3v) is 2.48. The number of ether oxygens (including phenoxy) is 1. The Balaban J connectivity index is 3.22. The summed E-state index contributed by atoms with van der Waals surface area (Å²) >= 11 is 1.54. The van der Waals surface area contributed by atoms with Gasteiger partial charge < -0.3 is 14.9 Å². The molecule has 11 heavy (non-hydrogen) atoms. The number of methoxy groups -OCH3 is 1. The first kappa shape index (κ1) is 11.2. The van der Waals surface area contributed by atoms with E-state index < -0.39 is 6.10 Å². The summed E-state index contributed by atoms with van der Waals surface area (Å²) in [5.41, 5.74) is 0. The van der Waals surface area contributed by atoms with E-state index in [9.17, 15) is 0 Å². The highest BCUT2D eigenvalue weighted by Gasteiger charge is 2.06. The van der Waals surface area contributed by atoms with Crippen LogP contribution >= 0.6 is 11.8 Å². The van der Waals surface area contributed by atoms with Crippen molar-refractivity contribution >= 4 is 11.8 Å². The summed E-state index contributed by atoms with van der Waals surface area (Å²) in [4.78, 5) is 0. The van der Waals surface area contributed by atoms with Crippen molar-refractivity contribution in [2.75, 3.05) is 26.1 Å². The predicted octanol–water partition coefficient (Wildman–Crippen LogP) is 0.108. The molecule has 0 amide bonds. The van der Waals surface area contributed by atoms with Crippen LogP contribution in [0.25, 0.3) is 0 Å². The van der Waals surface area contributed by atoms with Crippen molar-refractivity contribution in [3.63, 3.8) is 0 Å². The lowest BCUT2D eigenvalue weighted by Crippen LogP contribution is -2.19. The van der Waals surface area contributed by atoms with E-state index in [1.807, 2.05) is 6.92 Å². The van der Waals surface area contributed by atoms with Crippen LogP contribution in [0.4, 0.5) is 0 Å². The molecule has 0 aromatic heterocycles. The Hall–Kier alpha value is 0.230. The summed E-state index contributed by atoms with van der Waals surface area (Å²) in [7, 11) is 1.56. The second kappa shape index (κ2) is 6.91. The van der Waals surface area contributed by atoms with Crippen LogP contribution in [-0.4, -0.2) is 47.6 Å². The first-order valence-corrected chi connectivity index (χ1v) is 4.65. The molecule has 0 bridgehead atoms. The first-order chi connectivity index (χ1) is 5.20. The van der Waals surface area contributed by atoms with Gasteiger partial charge in [0, 0.05) is 18.1 Å². The number of thioether (sulfide) groups is 1. The van der Waals surface area contributed by atoms with Gasteiger partial charge in [0.05, 0.1) is 19.3 Å². The first-order valence-electron chi connectivity index (χ1n) is 3.60. The third kappa shape index (κ3) is 6.62. The average Bonchev–Trinajstić information content (AvgIpc) is 2.01. The number of aliphatic hydroxyl groups excluding tert-OH is 2. The lowest BCUT2D eigenvalue weighted by molar-refractivity contribution is 0.0793. The van der Waals surface area contributed by atoms with Gasteiger partial charge in [0.25, 0.3) is 0 Å². The van der Waals surface area contributed by atoms with E-state index in [2.05, 4.69) is 0 Å². The van der Waals surface area contributed by atoms with Crippen LogP contribution in [0.15, 0.2) is 0 Å². The van der Waals surface area contributed by atoms with Gasteiger partial charge in [0.15, 0.2) is 0 Å². The summed E-state index contributed by atoms with van der Waals surface area (Å²) in [6.07, 6.45) is -0.418. The molecule has 3 nitrogen and oxygen atoms in total. The van der Waals surface area contributed by atoms with E-state index in [1.54, 1.807) is 18.9 Å². The van der Waals surface area contributed by atoms with E-state index in [0.717, 1.165) is 0 Å². The van der Waals surface area contributed by atoms with E-state index in [1.165, 1.54) is 0 Å². The van der Waals surface area contributed by atoms with E-state index in [-0.39, 0.29) is 11.9 Å². The van der Waals surface area contributed by atoms with Gasteiger partial charge in [-0.2, -0.15) is 11.8 Å². The molecule has 4 heteroatoms. The fourth-order valence-electron chi connectivity index (χ4n) is 0.569. The Morgan fingerprint density at radius 1 is 1.55 bits per heavy atom. The van der Waals surface area contributed by atoms with Crippen LogP contribution in [0.3, 0.4) is 0 Å². The Morgan fingerprint density at radius 3 is 2.64 bits per heavy atom. The van der Waals surface area contributed by atoms with Gasteiger partial charge in [0.2, 0.25) is 0 Å². The minimum absolute atomic E-state index is 0.157. The predicted molar refractivity (Wildman–Crippen MR) is 46.9 cm³/mol. The quantitative estimate of drug-likeness (QED) is 0.609. The van der Waals surface area contributed by atoms with E-state index >= 15 is 0 Å². The molecule has 0 rings (SSSR count). The number of aliphatic hydroxyl groups is 2. The lowest BCUT2D eigenvalue weighted by Gasteiger charge is -2.11. The molecule has 0 fully saturated rings. The second-order valence-electron chi connectivity index (χ2n) is 2.44.